The van der Waals surface area contributed by atoms with E-state index in [1.807, 2.05) is 12.1 Å². The van der Waals surface area contributed by atoms with Crippen LogP contribution in [-0.2, 0) is 13.0 Å². The summed E-state index contributed by atoms with van der Waals surface area (Å²) in [7, 11) is 0. The minimum atomic E-state index is 0.233. The summed E-state index contributed by atoms with van der Waals surface area (Å²) in [6.07, 6.45) is 5.26. The Labute approximate surface area is 107 Å². The molecule has 0 aliphatic rings. The molecule has 96 valence electrons. The van der Waals surface area contributed by atoms with Gasteiger partial charge in [0, 0.05) is 6.54 Å². The number of hydrogen-bond acceptors (Lipinski definition) is 4. The molecule has 18 heavy (non-hydrogen) atoms. The third kappa shape index (κ3) is 3.34. The second-order valence-electron chi connectivity index (χ2n) is 4.16. The van der Waals surface area contributed by atoms with Crippen LogP contribution in [0, 0.1) is 0 Å². The average molecular weight is 246 g/mol. The van der Waals surface area contributed by atoms with Crippen LogP contribution in [0.3, 0.4) is 0 Å². The summed E-state index contributed by atoms with van der Waals surface area (Å²) in [5, 5.41) is 0. The summed E-state index contributed by atoms with van der Waals surface area (Å²) in [5.74, 6) is 0.723. The van der Waals surface area contributed by atoms with Gasteiger partial charge in [-0.25, -0.2) is 0 Å². The molecule has 0 saturated heterocycles. The van der Waals surface area contributed by atoms with E-state index in [4.69, 9.17) is 14.9 Å². The normalized spacial score (nSPS) is 10.6. The van der Waals surface area contributed by atoms with Crippen LogP contribution in [0.5, 0.6) is 11.8 Å². The Hall–Kier alpha value is -1.81. The first kappa shape index (κ1) is 12.6. The number of nitrogens with two attached hydrogens (primary N) is 1. The van der Waals surface area contributed by atoms with Gasteiger partial charge in [-0.3, -0.25) is 0 Å². The molecule has 1 aromatic heterocycles. The van der Waals surface area contributed by atoms with Crippen molar-refractivity contribution in [3.63, 3.8) is 0 Å². The Kier molecular flexibility index (Phi) is 4.36. The number of oxazole rings is 1. The molecule has 1 aromatic carbocycles. The largest absolute Gasteiger partial charge is 0.417 e. The summed E-state index contributed by atoms with van der Waals surface area (Å²) in [4.78, 5) is 4.08. The second kappa shape index (κ2) is 6.21. The van der Waals surface area contributed by atoms with Crippen molar-refractivity contribution in [2.24, 2.45) is 5.73 Å². The van der Waals surface area contributed by atoms with Crippen molar-refractivity contribution in [3.8, 4) is 11.8 Å². The monoisotopic (exact) mass is 246 g/mol. The Bertz CT molecular complexity index is 477. The lowest BCUT2D eigenvalue weighted by Crippen LogP contribution is -1.95. The minimum Gasteiger partial charge on any atom is -0.417 e. The Balaban J connectivity index is 1.97. The van der Waals surface area contributed by atoms with Crippen LogP contribution in [0.2, 0.25) is 0 Å². The fraction of sp³-hybridized carbons (Fsp3) is 0.357. The number of aryl methyl sites for hydroxylation is 1. The molecule has 2 N–H and O–H groups in total. The molecule has 0 atom stereocenters. The zero-order chi connectivity index (χ0) is 12.8. The van der Waals surface area contributed by atoms with Crippen LogP contribution in [0.1, 0.15) is 31.0 Å². The molecule has 0 saturated carbocycles. The van der Waals surface area contributed by atoms with Crippen molar-refractivity contribution in [3.05, 3.63) is 41.8 Å². The second-order valence-corrected chi connectivity index (χ2v) is 4.16. The third-order valence-corrected chi connectivity index (χ3v) is 2.69. The lowest BCUT2D eigenvalue weighted by atomic mass is 10.1. The maximum Gasteiger partial charge on any atom is 0.399 e. The van der Waals surface area contributed by atoms with Gasteiger partial charge in [-0.15, -0.1) is 0 Å². The summed E-state index contributed by atoms with van der Waals surface area (Å²) < 4.78 is 10.6. The maximum absolute atomic E-state index is 5.49. The Morgan fingerprint density at radius 2 is 2.06 bits per heavy atom. The third-order valence-electron chi connectivity index (χ3n) is 2.69. The van der Waals surface area contributed by atoms with Crippen molar-refractivity contribution < 1.29 is 9.15 Å². The molecule has 0 aliphatic heterocycles. The van der Waals surface area contributed by atoms with Crippen LogP contribution in [0.25, 0.3) is 0 Å². The van der Waals surface area contributed by atoms with Gasteiger partial charge in [-0.2, -0.15) is 4.98 Å². The first-order valence-electron chi connectivity index (χ1n) is 6.23. The molecule has 0 unspecified atom stereocenters. The number of rotatable bonds is 6. The predicted molar refractivity (Wildman–Crippen MR) is 69.5 cm³/mol. The fourth-order valence-corrected chi connectivity index (χ4v) is 1.63. The first-order valence-corrected chi connectivity index (χ1v) is 6.23. The molecule has 0 aliphatic carbocycles. The molecule has 0 fully saturated rings. The molecular weight excluding hydrogens is 228 g/mol. The van der Waals surface area contributed by atoms with E-state index >= 15 is 0 Å². The van der Waals surface area contributed by atoms with E-state index in [0.29, 0.717) is 12.2 Å². The van der Waals surface area contributed by atoms with Gasteiger partial charge in [-0.05, 0) is 30.5 Å². The fourth-order valence-electron chi connectivity index (χ4n) is 1.63. The van der Waals surface area contributed by atoms with Crippen molar-refractivity contribution in [1.82, 2.24) is 4.98 Å². The quantitative estimate of drug-likeness (QED) is 0.849. The number of aromatic nitrogens is 1. The smallest absolute Gasteiger partial charge is 0.399 e. The highest BCUT2D eigenvalue weighted by atomic mass is 16.6. The van der Waals surface area contributed by atoms with Gasteiger partial charge in [0.1, 0.15) is 12.0 Å². The minimum absolute atomic E-state index is 0.233. The van der Waals surface area contributed by atoms with Gasteiger partial charge in [0.05, 0.1) is 5.69 Å². The molecule has 4 nitrogen and oxygen atoms in total. The molecule has 1 heterocycles. The lowest BCUT2D eigenvalue weighted by molar-refractivity contribution is 0.330. The first-order chi connectivity index (χ1) is 8.81. The van der Waals surface area contributed by atoms with E-state index in [-0.39, 0.29) is 6.08 Å². The van der Waals surface area contributed by atoms with E-state index in [0.717, 1.165) is 12.2 Å². The summed E-state index contributed by atoms with van der Waals surface area (Å²) in [6.45, 7) is 2.54. The van der Waals surface area contributed by atoms with Crippen LogP contribution in [0.15, 0.2) is 34.9 Å². The number of ether oxygens (including phenoxy) is 1. The Morgan fingerprint density at radius 1 is 1.28 bits per heavy atom. The van der Waals surface area contributed by atoms with E-state index in [2.05, 4.69) is 24.0 Å². The number of nitrogens with zero attached hydrogens (tertiary/aromatic N) is 1. The Morgan fingerprint density at radius 3 is 2.67 bits per heavy atom. The number of benzene rings is 1. The van der Waals surface area contributed by atoms with Crippen molar-refractivity contribution in [2.75, 3.05) is 0 Å². The summed E-state index contributed by atoms with van der Waals surface area (Å²) in [5.41, 5.74) is 7.45. The van der Waals surface area contributed by atoms with Gasteiger partial charge in [-0.1, -0.05) is 25.5 Å². The van der Waals surface area contributed by atoms with Crippen LogP contribution >= 0.6 is 0 Å². The van der Waals surface area contributed by atoms with Crippen LogP contribution < -0.4 is 10.5 Å². The number of hydrogen-bond donors (Lipinski definition) is 1. The van der Waals surface area contributed by atoms with Gasteiger partial charge < -0.3 is 14.9 Å². The molecule has 0 radical (unpaired) electrons. The van der Waals surface area contributed by atoms with Gasteiger partial charge in [0.2, 0.25) is 0 Å². The molecule has 0 amide bonds. The molecule has 0 bridgehead atoms. The molecule has 2 aromatic rings. The average Bonchev–Trinajstić information content (AvgIpc) is 2.86. The van der Waals surface area contributed by atoms with E-state index in [1.54, 1.807) is 0 Å². The highest BCUT2D eigenvalue weighted by Crippen LogP contribution is 2.21. The predicted octanol–water partition coefficient (Wildman–Crippen LogP) is 3.27. The highest BCUT2D eigenvalue weighted by Gasteiger charge is 2.05. The SMILES string of the molecule is CCCCc1ccc(Oc2nc(CN)co2)cc1. The van der Waals surface area contributed by atoms with Crippen molar-refractivity contribution in [1.29, 1.82) is 0 Å². The topological polar surface area (TPSA) is 61.3 Å². The van der Waals surface area contributed by atoms with Gasteiger partial charge >= 0.3 is 6.08 Å². The van der Waals surface area contributed by atoms with Crippen LogP contribution in [-0.4, -0.2) is 4.98 Å². The van der Waals surface area contributed by atoms with E-state index in [1.165, 1.54) is 24.7 Å². The van der Waals surface area contributed by atoms with Gasteiger partial charge in [0.25, 0.3) is 0 Å². The number of unbranched alkanes of at least 4 members (excludes halogenated alkanes) is 1. The van der Waals surface area contributed by atoms with E-state index in [9.17, 15) is 0 Å². The van der Waals surface area contributed by atoms with Crippen LogP contribution in [0.4, 0.5) is 0 Å². The standard InChI is InChI=1S/C14H18N2O2/c1-2-3-4-11-5-7-13(8-6-11)18-14-16-12(9-15)10-17-14/h5-8,10H,2-4,9,15H2,1H3. The molecular formula is C14H18N2O2. The lowest BCUT2D eigenvalue weighted by Gasteiger charge is -2.03. The molecule has 0 spiro atoms. The molecule has 2 rings (SSSR count). The molecule has 4 heteroatoms. The van der Waals surface area contributed by atoms with E-state index < -0.39 is 0 Å². The highest BCUT2D eigenvalue weighted by molar-refractivity contribution is 5.29. The summed E-state index contributed by atoms with van der Waals surface area (Å²) in [6, 6.07) is 7.99. The van der Waals surface area contributed by atoms with Crippen molar-refractivity contribution in [2.45, 2.75) is 32.7 Å². The zero-order valence-corrected chi connectivity index (χ0v) is 10.6. The maximum atomic E-state index is 5.49. The van der Waals surface area contributed by atoms with Crippen molar-refractivity contribution >= 4 is 0 Å². The zero-order valence-electron chi connectivity index (χ0n) is 10.6. The van der Waals surface area contributed by atoms with Gasteiger partial charge in [0.15, 0.2) is 0 Å². The summed E-state index contributed by atoms with van der Waals surface area (Å²) >= 11 is 0.